The first-order chi connectivity index (χ1) is 21.6. The van der Waals surface area contributed by atoms with E-state index in [1.54, 1.807) is 31.2 Å². The first-order valence-electron chi connectivity index (χ1n) is 16.8. The molecule has 0 radical (unpaired) electrons. The van der Waals surface area contributed by atoms with Crippen molar-refractivity contribution in [1.82, 2.24) is 14.1 Å². The maximum absolute atomic E-state index is 14.3. The van der Waals surface area contributed by atoms with E-state index in [9.17, 15) is 17.6 Å². The molecule has 3 saturated heterocycles. The normalized spacial score (nSPS) is 24.2. The highest BCUT2D eigenvalue weighted by atomic mass is 35.5. The van der Waals surface area contributed by atoms with Crippen LogP contribution in [0, 0.1) is 18.2 Å². The van der Waals surface area contributed by atoms with Crippen LogP contribution in [0.5, 0.6) is 0 Å². The number of aryl methyl sites for hydroxylation is 1. The predicted molar refractivity (Wildman–Crippen MR) is 174 cm³/mol. The topological polar surface area (TPSA) is 70.2 Å². The van der Waals surface area contributed by atoms with Gasteiger partial charge in [-0.15, -0.1) is 0 Å². The number of carbonyl (C=O) groups is 1. The molecule has 0 N–H and O–H groups in total. The lowest BCUT2D eigenvalue weighted by molar-refractivity contribution is -0.139. The van der Waals surface area contributed by atoms with Crippen molar-refractivity contribution in [3.05, 3.63) is 64.4 Å². The smallest absolute Gasteiger partial charge is 0.248 e. The zero-order chi connectivity index (χ0) is 31.7. The zero-order valence-corrected chi connectivity index (χ0v) is 28.1. The third-order valence-corrected chi connectivity index (χ3v) is 13.8. The molecule has 2 aromatic carbocycles. The summed E-state index contributed by atoms with van der Waals surface area (Å²) in [5, 5.41) is 0.229. The minimum absolute atomic E-state index is 0.0287. The first kappa shape index (κ1) is 32.9. The van der Waals surface area contributed by atoms with Crippen LogP contribution in [0.2, 0.25) is 5.02 Å². The Hall–Kier alpha value is -2.04. The van der Waals surface area contributed by atoms with E-state index >= 15 is 0 Å². The van der Waals surface area contributed by atoms with E-state index in [0.717, 1.165) is 70.0 Å². The van der Waals surface area contributed by atoms with Gasteiger partial charge in [0.25, 0.3) is 0 Å². The van der Waals surface area contributed by atoms with Gasteiger partial charge >= 0.3 is 0 Å². The summed E-state index contributed by atoms with van der Waals surface area (Å²) < 4.78 is 49.0. The summed E-state index contributed by atoms with van der Waals surface area (Å²) in [5.74, 6) is -0.187. The van der Waals surface area contributed by atoms with Gasteiger partial charge in [-0.05, 0) is 119 Å². The molecule has 0 aromatic heterocycles. The van der Waals surface area contributed by atoms with E-state index in [4.69, 9.17) is 16.3 Å². The second-order valence-electron chi connectivity index (χ2n) is 13.8. The number of hydrogen-bond donors (Lipinski definition) is 0. The average Bonchev–Trinajstić information content (AvgIpc) is 3.58. The van der Waals surface area contributed by atoms with Gasteiger partial charge in [-0.1, -0.05) is 42.3 Å². The van der Waals surface area contributed by atoms with Crippen molar-refractivity contribution >= 4 is 27.5 Å². The molecule has 1 amide bonds. The number of likely N-dealkylation sites (tertiary alicyclic amines) is 2. The molecule has 246 valence electrons. The summed E-state index contributed by atoms with van der Waals surface area (Å²) in [4.78, 5) is 17.9. The van der Waals surface area contributed by atoms with Crippen LogP contribution >= 0.6 is 11.6 Å². The molecule has 6 rings (SSSR count). The van der Waals surface area contributed by atoms with E-state index in [0.29, 0.717) is 31.6 Å². The molecule has 10 heteroatoms. The van der Waals surface area contributed by atoms with Crippen molar-refractivity contribution in [2.75, 3.05) is 45.9 Å². The largest absolute Gasteiger partial charge is 0.370 e. The fourth-order valence-corrected chi connectivity index (χ4v) is 11.0. The summed E-state index contributed by atoms with van der Waals surface area (Å²) in [6.45, 7) is 5.92. The van der Waals surface area contributed by atoms with E-state index in [1.165, 1.54) is 23.2 Å². The molecule has 4 aliphatic rings. The fraction of sp³-hybridized carbons (Fsp3) is 0.629. The molecule has 2 aromatic rings. The van der Waals surface area contributed by atoms with Crippen LogP contribution in [0.4, 0.5) is 4.39 Å². The number of sulfonamides is 1. The highest BCUT2D eigenvalue weighted by Crippen LogP contribution is 2.53. The van der Waals surface area contributed by atoms with Crippen molar-refractivity contribution in [3.63, 3.8) is 0 Å². The predicted octanol–water partition coefficient (Wildman–Crippen LogP) is 6.52. The van der Waals surface area contributed by atoms with Crippen LogP contribution in [-0.4, -0.2) is 80.4 Å². The Kier molecular flexibility index (Phi) is 9.93. The number of ether oxygens (including phenoxy) is 1. The lowest BCUT2D eigenvalue weighted by Crippen LogP contribution is -2.52. The van der Waals surface area contributed by atoms with Gasteiger partial charge in [0.15, 0.2) is 0 Å². The molecule has 0 bridgehead atoms. The lowest BCUT2D eigenvalue weighted by atomic mass is 9.61. The number of rotatable bonds is 8. The molecule has 1 saturated carbocycles. The number of nitrogens with zero attached hydrogens (tertiary/aromatic N) is 3. The Morgan fingerprint density at radius 1 is 0.933 bits per heavy atom. The van der Waals surface area contributed by atoms with E-state index in [-0.39, 0.29) is 51.9 Å². The molecule has 1 aliphatic carbocycles. The molecule has 1 spiro atoms. The zero-order valence-electron chi connectivity index (χ0n) is 26.5. The molecule has 7 nitrogen and oxygen atoms in total. The Morgan fingerprint density at radius 2 is 1.62 bits per heavy atom. The number of amides is 1. The van der Waals surface area contributed by atoms with Gasteiger partial charge in [0.1, 0.15) is 17.3 Å². The van der Waals surface area contributed by atoms with E-state index < -0.39 is 10.0 Å². The Morgan fingerprint density at radius 3 is 2.31 bits per heavy atom. The summed E-state index contributed by atoms with van der Waals surface area (Å²) in [6, 6.07) is 12.0. The molecular weight excluding hydrogens is 613 g/mol. The quantitative estimate of drug-likeness (QED) is 0.323. The van der Waals surface area contributed by atoms with Gasteiger partial charge in [-0.25, -0.2) is 12.8 Å². The number of piperidine rings is 2. The van der Waals surface area contributed by atoms with Crippen LogP contribution in [0.3, 0.4) is 0 Å². The minimum atomic E-state index is -3.79. The summed E-state index contributed by atoms with van der Waals surface area (Å²) in [5.41, 5.74) is 1.88. The van der Waals surface area contributed by atoms with Gasteiger partial charge in [0.2, 0.25) is 15.9 Å². The number of benzene rings is 2. The van der Waals surface area contributed by atoms with Crippen LogP contribution in [0.25, 0.3) is 0 Å². The van der Waals surface area contributed by atoms with Gasteiger partial charge < -0.3 is 9.64 Å². The minimum Gasteiger partial charge on any atom is -0.370 e. The van der Waals surface area contributed by atoms with Crippen LogP contribution < -0.4 is 0 Å². The van der Waals surface area contributed by atoms with Crippen molar-refractivity contribution in [3.8, 4) is 0 Å². The number of hydrogen-bond acceptors (Lipinski definition) is 5. The van der Waals surface area contributed by atoms with E-state index in [2.05, 4.69) is 11.0 Å². The van der Waals surface area contributed by atoms with Crippen molar-refractivity contribution in [2.45, 2.75) is 94.0 Å². The first-order valence-corrected chi connectivity index (χ1v) is 18.6. The lowest BCUT2D eigenvalue weighted by Gasteiger charge is -2.53. The van der Waals surface area contributed by atoms with Gasteiger partial charge in [0, 0.05) is 31.2 Å². The Balaban J connectivity index is 1.02. The van der Waals surface area contributed by atoms with Crippen LogP contribution in [-0.2, 0) is 25.1 Å². The Labute approximate surface area is 273 Å². The van der Waals surface area contributed by atoms with Crippen LogP contribution in [0.15, 0.2) is 47.4 Å². The Bertz CT molecular complexity index is 1440. The third-order valence-electron chi connectivity index (χ3n) is 11.2. The highest BCUT2D eigenvalue weighted by Gasteiger charge is 2.48. The highest BCUT2D eigenvalue weighted by molar-refractivity contribution is 7.89. The molecule has 1 atom stereocenters. The second kappa shape index (κ2) is 13.6. The molecule has 3 aliphatic heterocycles. The average molecular weight is 660 g/mol. The summed E-state index contributed by atoms with van der Waals surface area (Å²) in [7, 11) is -3.79. The van der Waals surface area contributed by atoms with E-state index in [1.807, 2.05) is 11.0 Å². The van der Waals surface area contributed by atoms with Crippen molar-refractivity contribution in [1.29, 1.82) is 0 Å². The number of halogens is 2. The fourth-order valence-electron chi connectivity index (χ4n) is 8.53. The maximum atomic E-state index is 14.3. The molecular formula is C35H47ClFN3O4S. The standard InChI is InChI=1S/C35H47ClFN3O4S/c1-27-8-6-12-31(36)33(27)45(42,43)40-21-3-2-11-30(40)25-44-26-32(41)38-22-17-34(18-23-38)13-15-35(16-14-34,39-19-4-5-20-39)28-9-7-10-29(37)24-28/h6-10,12,24,30H,2-5,11,13-23,25-26H2,1H3. The third kappa shape index (κ3) is 6.71. The van der Waals surface area contributed by atoms with Gasteiger partial charge in [-0.2, -0.15) is 4.31 Å². The SMILES string of the molecule is Cc1cccc(Cl)c1S(=O)(=O)N1CCCCC1COCC(=O)N1CCC2(CC1)CCC(c1cccc(F)c1)(N1CCCC1)CC2. The number of carbonyl (C=O) groups excluding carboxylic acids is 1. The van der Waals surface area contributed by atoms with Gasteiger partial charge in [-0.3, -0.25) is 9.69 Å². The van der Waals surface area contributed by atoms with Crippen molar-refractivity contribution in [2.24, 2.45) is 5.41 Å². The molecule has 45 heavy (non-hydrogen) atoms. The summed E-state index contributed by atoms with van der Waals surface area (Å²) in [6.07, 6.45) is 11.0. The van der Waals surface area contributed by atoms with Crippen LogP contribution in [0.1, 0.15) is 81.8 Å². The summed E-state index contributed by atoms with van der Waals surface area (Å²) >= 11 is 6.34. The van der Waals surface area contributed by atoms with Crippen molar-refractivity contribution < 1.29 is 22.3 Å². The monoisotopic (exact) mass is 659 g/mol. The molecule has 4 fully saturated rings. The molecule has 1 unspecified atom stereocenters. The van der Waals surface area contributed by atoms with Gasteiger partial charge in [0.05, 0.1) is 11.6 Å². The maximum Gasteiger partial charge on any atom is 0.248 e. The molecule has 3 heterocycles. The second-order valence-corrected chi connectivity index (χ2v) is 16.0.